The maximum absolute atomic E-state index is 10.4. The quantitative estimate of drug-likeness (QED) is 0.0280. The Balaban J connectivity index is -0.000000103. The molecule has 0 aliphatic rings. The van der Waals surface area contributed by atoms with E-state index in [9.17, 15) is 99.0 Å². The number of carbonyl (C=O) groups is 10. The van der Waals surface area contributed by atoms with E-state index in [1.54, 1.807) is 0 Å². The molecule has 0 amide bonds. The molecule has 0 spiro atoms. The monoisotopic (exact) mass is 1090 g/mol. The first-order valence-corrected chi connectivity index (χ1v) is 17.8. The van der Waals surface area contributed by atoms with Crippen molar-refractivity contribution in [2.24, 2.45) is 0 Å². The molecule has 0 unspecified atom stereocenters. The van der Waals surface area contributed by atoms with E-state index in [0.29, 0.717) is 0 Å². The van der Waals surface area contributed by atoms with E-state index in [0.717, 1.165) is 19.6 Å². The van der Waals surface area contributed by atoms with Gasteiger partial charge in [-0.05, 0) is 0 Å². The number of hydrogen-bond acceptors (Lipinski definition) is 34. The summed E-state index contributed by atoms with van der Waals surface area (Å²) >= 11 is 0. The maximum atomic E-state index is 10.4. The van der Waals surface area contributed by atoms with E-state index >= 15 is 0 Å². The van der Waals surface area contributed by atoms with Crippen LogP contribution in [-0.4, -0.2) is 386 Å². The van der Waals surface area contributed by atoms with Crippen LogP contribution < -0.4 is 51.1 Å². The smallest absolute Gasteiger partial charge is 0.549 e. The van der Waals surface area contributed by atoms with Gasteiger partial charge in [0.05, 0.1) is 72.9 Å². The van der Waals surface area contributed by atoms with Crippen molar-refractivity contribution in [2.75, 3.05) is 91.8 Å². The van der Waals surface area contributed by atoms with E-state index < -0.39 is 174 Å². The van der Waals surface area contributed by atoms with Crippen LogP contribution in [0.25, 0.3) is 0 Å². The van der Waals surface area contributed by atoms with Crippen LogP contribution in [0.1, 0.15) is 0 Å². The van der Waals surface area contributed by atoms with Crippen LogP contribution in [0.5, 0.6) is 0 Å². The maximum Gasteiger partial charge on any atom is 2.00 e. The molecule has 0 heterocycles. The van der Waals surface area contributed by atoms with E-state index in [1.165, 1.54) is 0 Å². The third-order valence-electron chi connectivity index (χ3n) is 7.28. The van der Waals surface area contributed by atoms with Crippen molar-refractivity contribution in [3.05, 3.63) is 0 Å². The Morgan fingerprint density at radius 1 is 0.296 bits per heavy atom. The fourth-order valence-electron chi connectivity index (χ4n) is 4.21. The molecule has 8 atom stereocenters. The van der Waals surface area contributed by atoms with E-state index in [1.807, 2.05) is 0 Å². The second kappa shape index (κ2) is 50.1. The molecular formula is C32H46Mg5N4O30. The number of hydrogen-bond donors (Lipinski definition) is 10. The minimum atomic E-state index is -2.31. The molecular weight excluding hydrogens is 1040 g/mol. The number of aliphatic carboxylic acids is 10. The molecule has 39 heteroatoms. The van der Waals surface area contributed by atoms with Gasteiger partial charge in [0.15, 0.2) is 0 Å². The molecule has 0 aromatic carbocycles. The minimum absolute atomic E-state index is 0. The van der Waals surface area contributed by atoms with E-state index in [-0.39, 0.29) is 141 Å². The topological polar surface area (TPSA) is 617 Å². The summed E-state index contributed by atoms with van der Waals surface area (Å²) < 4.78 is 0. The molecule has 34 nitrogen and oxygen atoms in total. The number of carbonyl (C=O) groups excluding carboxylic acids is 10. The van der Waals surface area contributed by atoms with Gasteiger partial charge in [0.25, 0.3) is 0 Å². The van der Waals surface area contributed by atoms with Crippen LogP contribution in [0.3, 0.4) is 0 Å². The van der Waals surface area contributed by atoms with E-state index in [4.69, 9.17) is 51.1 Å². The van der Waals surface area contributed by atoms with Crippen molar-refractivity contribution in [3.8, 4) is 0 Å². The Hall–Kier alpha value is -2.03. The van der Waals surface area contributed by atoms with Gasteiger partial charge in [-0.2, -0.15) is 0 Å². The van der Waals surface area contributed by atoms with Gasteiger partial charge in [0.1, 0.15) is 48.8 Å². The fourth-order valence-corrected chi connectivity index (χ4v) is 4.21. The van der Waals surface area contributed by atoms with Gasteiger partial charge in [-0.25, -0.2) is 0 Å². The molecule has 0 aromatic rings. The summed E-state index contributed by atoms with van der Waals surface area (Å²) in [7, 11) is 0. The summed E-state index contributed by atoms with van der Waals surface area (Å²) in [6.07, 6.45) is -16.2. The molecule has 71 heavy (non-hydrogen) atoms. The second-order valence-corrected chi connectivity index (χ2v) is 12.8. The Morgan fingerprint density at radius 2 is 0.437 bits per heavy atom. The largest absolute Gasteiger partial charge is 2.00 e. The van der Waals surface area contributed by atoms with Crippen molar-refractivity contribution in [2.45, 2.75) is 48.8 Å². The number of aliphatic hydroxyl groups excluding tert-OH is 10. The van der Waals surface area contributed by atoms with Crippen molar-refractivity contribution < 1.29 is 150 Å². The summed E-state index contributed by atoms with van der Waals surface area (Å²) in [5.74, 6) is -16.2. The molecule has 384 valence electrons. The Morgan fingerprint density at radius 3 is 0.535 bits per heavy atom. The van der Waals surface area contributed by atoms with Gasteiger partial charge < -0.3 is 150 Å². The summed E-state index contributed by atoms with van der Waals surface area (Å²) in [5.41, 5.74) is 0. The van der Waals surface area contributed by atoms with Crippen molar-refractivity contribution in [3.63, 3.8) is 0 Å². The first-order valence-electron chi connectivity index (χ1n) is 17.8. The third kappa shape index (κ3) is 51.3. The van der Waals surface area contributed by atoms with Gasteiger partial charge in [0.2, 0.25) is 0 Å². The van der Waals surface area contributed by atoms with Crippen LogP contribution in [0, 0.1) is 0 Å². The summed E-state index contributed by atoms with van der Waals surface area (Å²) in [6.45, 7) is -8.23. The van der Waals surface area contributed by atoms with Crippen LogP contribution in [-0.2, 0) is 47.9 Å². The van der Waals surface area contributed by atoms with Gasteiger partial charge in [-0.1, -0.05) is 0 Å². The molecule has 0 aliphatic heterocycles. The van der Waals surface area contributed by atoms with Crippen molar-refractivity contribution in [1.82, 2.24) is 19.6 Å². The average molecular weight is 1090 g/mol. The Labute approximate surface area is 481 Å². The first-order chi connectivity index (χ1) is 30.2. The molecule has 0 saturated heterocycles. The summed E-state index contributed by atoms with van der Waals surface area (Å²) in [5, 5.41) is 190. The second-order valence-electron chi connectivity index (χ2n) is 12.8. The fraction of sp³-hybridized carbons (Fsp3) is 0.688. The predicted molar refractivity (Wildman–Crippen MR) is 207 cm³/mol. The number of carboxylic acid groups (broad SMARTS) is 10. The number of rotatable bonds is 32. The predicted octanol–water partition coefficient (Wildman–Crippen LogP) is -26.4. The molecule has 0 aliphatic carbocycles. The van der Waals surface area contributed by atoms with Gasteiger partial charge in [-0.3, -0.25) is 19.6 Å². The zero-order valence-corrected chi connectivity index (χ0v) is 44.6. The zero-order chi connectivity index (χ0) is 52.6. The standard InChI is InChI=1S/2C10H16N2O8.2C6H12O7.5Mg/c2*13-7(14)3-11(4-8(15)16)1-2-12(5-9(17)18)6-10(19)20;2*7-1-2(8)3(9)4(10)5(11)6(12)13;;;;;/h2*1-6H2,(H,13,14)(H,15,16)(H,17,18)(H,19,20);2*2-5,7-11H,1H2,(H,12,13);;;;;/q;;;;5*+2/p-10/t;;2*2-,3-,4+,5-;;;;;/m..11...../s1. The molecule has 0 bridgehead atoms. The van der Waals surface area contributed by atoms with Gasteiger partial charge in [-0.15, -0.1) is 0 Å². The molecule has 10 N–H and O–H groups in total. The van der Waals surface area contributed by atoms with Crippen LogP contribution in [0.4, 0.5) is 0 Å². The number of aliphatic hydroxyl groups is 10. The summed E-state index contributed by atoms with van der Waals surface area (Å²) in [4.78, 5) is 107. The number of nitrogens with zero attached hydrogens (tertiary/aromatic N) is 4. The Bertz CT molecular complexity index is 1320. The van der Waals surface area contributed by atoms with E-state index in [2.05, 4.69) is 0 Å². The minimum Gasteiger partial charge on any atom is -0.549 e. The van der Waals surface area contributed by atoms with Crippen molar-refractivity contribution >= 4 is 175 Å². The van der Waals surface area contributed by atoms with Gasteiger partial charge in [0, 0.05) is 78.5 Å². The van der Waals surface area contributed by atoms with Crippen molar-refractivity contribution in [1.29, 1.82) is 0 Å². The SMILES string of the molecule is O=C([O-])CN(CCN(CC(=O)[O-])CC(=O)[O-])CC(=O)[O-].O=C([O-])CN(CCN(CC(=O)[O-])CC(=O)[O-])CC(=O)[O-].O=C([O-])[C@H](O)[C@@H](O)[C@H](O)[C@H](O)CO.O=C([O-])[C@H](O)[C@@H](O)[C@H](O)[C@H](O)CO.[Mg+2].[Mg+2].[Mg+2].[Mg+2].[Mg+2]. The number of carboxylic acids is 10. The Kier molecular flexibility index (Phi) is 62.6. The molecule has 0 saturated carbocycles. The first kappa shape index (κ1) is 88.6. The molecule has 0 aromatic heterocycles. The molecule has 0 rings (SSSR count). The average Bonchev–Trinajstić information content (AvgIpc) is 3.18. The molecule has 0 radical (unpaired) electrons. The van der Waals surface area contributed by atoms with Gasteiger partial charge >= 0.3 is 115 Å². The zero-order valence-electron chi connectivity index (χ0n) is 37.5. The van der Waals surface area contributed by atoms with Crippen LogP contribution in [0.2, 0.25) is 0 Å². The van der Waals surface area contributed by atoms with Crippen LogP contribution >= 0.6 is 0 Å². The molecule has 0 fully saturated rings. The third-order valence-corrected chi connectivity index (χ3v) is 7.28. The normalized spacial score (nSPS) is 13.5. The summed E-state index contributed by atoms with van der Waals surface area (Å²) in [6, 6.07) is 0. The van der Waals surface area contributed by atoms with Crippen LogP contribution in [0.15, 0.2) is 0 Å².